The second kappa shape index (κ2) is 4.78. The summed E-state index contributed by atoms with van der Waals surface area (Å²) in [5.41, 5.74) is 1.37. The lowest BCUT2D eigenvalue weighted by Gasteiger charge is -2.05. The summed E-state index contributed by atoms with van der Waals surface area (Å²) < 4.78 is 8.61. The summed E-state index contributed by atoms with van der Waals surface area (Å²) in [4.78, 5) is 0. The third-order valence-corrected chi connectivity index (χ3v) is 3.35. The summed E-state index contributed by atoms with van der Waals surface area (Å²) >= 11 is 10.2. The number of anilines is 2. The first-order valence-corrected chi connectivity index (χ1v) is 6.05. The molecule has 0 aliphatic carbocycles. The molecule has 0 bridgehead atoms. The first-order chi connectivity index (χ1) is 7.70. The molecule has 0 fully saturated rings. The van der Waals surface area contributed by atoms with Gasteiger partial charge in [-0.1, -0.05) is 11.6 Å². The zero-order valence-corrected chi connectivity index (χ0v) is 10.9. The molecule has 2 aromatic rings. The average molecular weight is 316 g/mol. The molecule has 0 spiro atoms. The summed E-state index contributed by atoms with van der Waals surface area (Å²) in [5.74, 6) is 0.511. The number of rotatable bonds is 2. The molecule has 1 heterocycles. The fourth-order valence-corrected chi connectivity index (χ4v) is 2.19. The van der Waals surface area contributed by atoms with Crippen LogP contribution in [0.15, 0.2) is 22.7 Å². The number of aromatic nitrogens is 2. The zero-order valence-electron chi connectivity index (χ0n) is 7.74. The number of benzene rings is 1. The Morgan fingerprint density at radius 2 is 2.25 bits per heavy atom. The van der Waals surface area contributed by atoms with Crippen molar-refractivity contribution in [2.45, 2.75) is 0 Å². The summed E-state index contributed by atoms with van der Waals surface area (Å²) in [7, 11) is 0. The van der Waals surface area contributed by atoms with Crippen molar-refractivity contribution in [3.8, 4) is 6.07 Å². The van der Waals surface area contributed by atoms with Crippen molar-refractivity contribution in [2.24, 2.45) is 0 Å². The third kappa shape index (κ3) is 2.32. The summed E-state index contributed by atoms with van der Waals surface area (Å²) in [5, 5.41) is 12.1. The number of nitrogens with one attached hydrogen (secondary N) is 1. The Labute approximate surface area is 109 Å². The van der Waals surface area contributed by atoms with Crippen LogP contribution in [0.2, 0.25) is 5.15 Å². The molecular formula is C9H4BrClN4S. The minimum absolute atomic E-state index is 0.334. The molecule has 0 atom stereocenters. The topological polar surface area (TPSA) is 61.6 Å². The predicted octanol–water partition coefficient (Wildman–Crippen LogP) is 3.57. The van der Waals surface area contributed by atoms with E-state index in [0.29, 0.717) is 16.5 Å². The van der Waals surface area contributed by atoms with Crippen molar-refractivity contribution in [2.75, 3.05) is 5.32 Å². The fourth-order valence-electron chi connectivity index (χ4n) is 1.07. The second-order valence-corrected chi connectivity index (χ2v) is 4.58. The Morgan fingerprint density at radius 3 is 2.81 bits per heavy atom. The van der Waals surface area contributed by atoms with Crippen LogP contribution >= 0.6 is 39.3 Å². The smallest absolute Gasteiger partial charge is 0.187 e. The fraction of sp³-hybridized carbons (Fsp3) is 0. The minimum atomic E-state index is 0.334. The van der Waals surface area contributed by atoms with Crippen LogP contribution in [0.25, 0.3) is 0 Å². The highest BCUT2D eigenvalue weighted by molar-refractivity contribution is 9.10. The molecule has 0 unspecified atom stereocenters. The van der Waals surface area contributed by atoms with Crippen LogP contribution in [-0.2, 0) is 0 Å². The predicted molar refractivity (Wildman–Crippen MR) is 67.1 cm³/mol. The molecule has 2 rings (SSSR count). The van der Waals surface area contributed by atoms with Gasteiger partial charge in [-0.05, 0) is 34.1 Å². The van der Waals surface area contributed by atoms with Gasteiger partial charge < -0.3 is 5.32 Å². The molecule has 1 N–H and O–H groups in total. The van der Waals surface area contributed by atoms with Crippen LogP contribution in [0.1, 0.15) is 5.56 Å². The molecule has 80 valence electrons. The zero-order chi connectivity index (χ0) is 11.5. The van der Waals surface area contributed by atoms with Gasteiger partial charge in [0.25, 0.3) is 0 Å². The van der Waals surface area contributed by atoms with Gasteiger partial charge in [-0.3, -0.25) is 0 Å². The molecule has 0 aliphatic heterocycles. The lowest BCUT2D eigenvalue weighted by atomic mass is 10.2. The maximum Gasteiger partial charge on any atom is 0.187 e. The lowest BCUT2D eigenvalue weighted by Crippen LogP contribution is -1.92. The van der Waals surface area contributed by atoms with Gasteiger partial charge in [-0.2, -0.15) is 14.0 Å². The number of nitrogens with zero attached hydrogens (tertiary/aromatic N) is 3. The van der Waals surface area contributed by atoms with Gasteiger partial charge in [0.15, 0.2) is 11.0 Å². The Bertz CT molecular complexity index is 563. The Hall–Kier alpha value is -1.16. The number of hydrogen-bond donors (Lipinski definition) is 1. The van der Waals surface area contributed by atoms with Gasteiger partial charge in [0, 0.05) is 4.47 Å². The highest BCUT2D eigenvalue weighted by atomic mass is 79.9. The standard InChI is InChI=1S/C9H4BrClN4S/c10-6-3-5(4-12)1-2-7(6)13-9-8(11)14-16-15-9/h1-3H,(H,13,15). The van der Waals surface area contributed by atoms with Gasteiger partial charge in [0.2, 0.25) is 0 Å². The van der Waals surface area contributed by atoms with E-state index in [4.69, 9.17) is 16.9 Å². The van der Waals surface area contributed by atoms with Crippen LogP contribution in [0, 0.1) is 11.3 Å². The molecular weight excluding hydrogens is 312 g/mol. The Balaban J connectivity index is 2.30. The number of nitriles is 1. The molecule has 1 aromatic heterocycles. The monoisotopic (exact) mass is 314 g/mol. The van der Waals surface area contributed by atoms with Crippen molar-refractivity contribution in [1.82, 2.24) is 8.75 Å². The minimum Gasteiger partial charge on any atom is -0.336 e. The van der Waals surface area contributed by atoms with Crippen molar-refractivity contribution < 1.29 is 0 Å². The highest BCUT2D eigenvalue weighted by Crippen LogP contribution is 2.29. The van der Waals surface area contributed by atoms with E-state index in [1.807, 2.05) is 0 Å². The molecule has 0 saturated carbocycles. The Kier molecular flexibility index (Phi) is 3.39. The first kappa shape index (κ1) is 11.3. The molecule has 16 heavy (non-hydrogen) atoms. The van der Waals surface area contributed by atoms with Crippen LogP contribution in [0.5, 0.6) is 0 Å². The molecule has 0 saturated heterocycles. The van der Waals surface area contributed by atoms with E-state index in [1.165, 1.54) is 0 Å². The molecule has 0 radical (unpaired) electrons. The van der Waals surface area contributed by atoms with E-state index in [9.17, 15) is 0 Å². The van der Waals surface area contributed by atoms with Crippen LogP contribution in [-0.4, -0.2) is 8.75 Å². The van der Waals surface area contributed by atoms with Crippen molar-refractivity contribution in [1.29, 1.82) is 5.26 Å². The Morgan fingerprint density at radius 1 is 1.44 bits per heavy atom. The van der Waals surface area contributed by atoms with Gasteiger partial charge in [-0.25, -0.2) is 0 Å². The highest BCUT2D eigenvalue weighted by Gasteiger charge is 2.07. The number of hydrogen-bond acceptors (Lipinski definition) is 5. The van der Waals surface area contributed by atoms with Gasteiger partial charge >= 0.3 is 0 Å². The number of halogens is 2. The van der Waals surface area contributed by atoms with Crippen LogP contribution in [0.3, 0.4) is 0 Å². The maximum absolute atomic E-state index is 8.72. The molecule has 0 amide bonds. The summed E-state index contributed by atoms with van der Waals surface area (Å²) in [6.07, 6.45) is 0. The van der Waals surface area contributed by atoms with Gasteiger partial charge in [0.05, 0.1) is 29.0 Å². The quantitative estimate of drug-likeness (QED) is 0.920. The second-order valence-electron chi connectivity index (χ2n) is 2.84. The normalized spacial score (nSPS) is 9.81. The van der Waals surface area contributed by atoms with E-state index in [0.717, 1.165) is 21.9 Å². The van der Waals surface area contributed by atoms with Gasteiger partial charge in [0.1, 0.15) is 0 Å². The summed E-state index contributed by atoms with van der Waals surface area (Å²) in [6.45, 7) is 0. The van der Waals surface area contributed by atoms with Crippen molar-refractivity contribution in [3.05, 3.63) is 33.4 Å². The van der Waals surface area contributed by atoms with E-state index in [2.05, 4.69) is 36.1 Å². The lowest BCUT2D eigenvalue weighted by molar-refractivity contribution is 1.42. The largest absolute Gasteiger partial charge is 0.336 e. The van der Waals surface area contributed by atoms with Crippen LogP contribution in [0.4, 0.5) is 11.5 Å². The van der Waals surface area contributed by atoms with Gasteiger partial charge in [-0.15, -0.1) is 0 Å². The maximum atomic E-state index is 8.72. The third-order valence-electron chi connectivity index (χ3n) is 1.80. The molecule has 7 heteroatoms. The molecule has 1 aromatic carbocycles. The average Bonchev–Trinajstić information content (AvgIpc) is 2.67. The van der Waals surface area contributed by atoms with E-state index in [1.54, 1.807) is 18.2 Å². The van der Waals surface area contributed by atoms with Crippen molar-refractivity contribution in [3.63, 3.8) is 0 Å². The van der Waals surface area contributed by atoms with Crippen molar-refractivity contribution >= 4 is 50.8 Å². The summed E-state index contributed by atoms with van der Waals surface area (Å²) in [6, 6.07) is 7.26. The van der Waals surface area contributed by atoms with E-state index < -0.39 is 0 Å². The van der Waals surface area contributed by atoms with Crippen LogP contribution < -0.4 is 5.32 Å². The SMILES string of the molecule is N#Cc1ccc(Nc2nsnc2Cl)c(Br)c1. The van der Waals surface area contributed by atoms with E-state index in [-0.39, 0.29) is 0 Å². The molecule has 0 aliphatic rings. The molecule has 4 nitrogen and oxygen atoms in total. The first-order valence-electron chi connectivity index (χ1n) is 4.15. The van der Waals surface area contributed by atoms with E-state index >= 15 is 0 Å².